The molecular weight excluding hydrogens is 408 g/mol. The van der Waals surface area contributed by atoms with Crippen molar-refractivity contribution in [3.63, 3.8) is 0 Å². The largest absolute Gasteiger partial charge is 0.348 e. The Morgan fingerprint density at radius 1 is 1.24 bits per heavy atom. The van der Waals surface area contributed by atoms with Gasteiger partial charge in [-0.3, -0.25) is 9.36 Å². The van der Waals surface area contributed by atoms with E-state index < -0.39 is 10.0 Å². The van der Waals surface area contributed by atoms with E-state index in [1.807, 2.05) is 29.9 Å². The summed E-state index contributed by atoms with van der Waals surface area (Å²) in [4.78, 5) is 17.2. The highest BCUT2D eigenvalue weighted by Gasteiger charge is 2.27. The fourth-order valence-corrected chi connectivity index (χ4v) is 5.22. The minimum atomic E-state index is -3.46. The quantitative estimate of drug-likeness (QED) is 0.603. The molecule has 0 spiro atoms. The van der Waals surface area contributed by atoms with Crippen LogP contribution in [0.2, 0.25) is 0 Å². The average molecular weight is 431 g/mol. The molecule has 0 bridgehead atoms. The van der Waals surface area contributed by atoms with Crippen LogP contribution < -0.4 is 10.0 Å². The van der Waals surface area contributed by atoms with Crippen LogP contribution in [0.1, 0.15) is 40.2 Å². The van der Waals surface area contributed by atoms with Crippen LogP contribution in [0.3, 0.4) is 0 Å². The number of nitrogens with zero attached hydrogens (tertiary/aromatic N) is 2. The highest BCUT2D eigenvalue weighted by molar-refractivity contribution is 7.89. The SMILES string of the molecule is Cc1cc(C(=O)NCc2ccc(S(=O)(=O)NC3CC3)cc2)c(C)n1-c1nccs1. The van der Waals surface area contributed by atoms with Gasteiger partial charge in [-0.05, 0) is 50.5 Å². The predicted octanol–water partition coefficient (Wildman–Crippen LogP) is 2.92. The summed E-state index contributed by atoms with van der Waals surface area (Å²) < 4.78 is 29.1. The summed E-state index contributed by atoms with van der Waals surface area (Å²) in [6.07, 6.45) is 3.53. The number of aryl methyl sites for hydroxylation is 1. The number of rotatable bonds is 7. The molecule has 1 amide bonds. The Morgan fingerprint density at radius 2 is 1.97 bits per heavy atom. The Labute approximate surface area is 173 Å². The molecule has 0 aliphatic heterocycles. The van der Waals surface area contributed by atoms with Crippen molar-refractivity contribution in [2.75, 3.05) is 0 Å². The Bertz CT molecular complexity index is 1130. The van der Waals surface area contributed by atoms with Crippen molar-refractivity contribution in [3.8, 4) is 5.13 Å². The minimum absolute atomic E-state index is 0.0716. The lowest BCUT2D eigenvalue weighted by atomic mass is 10.2. The molecule has 2 aromatic heterocycles. The van der Waals surface area contributed by atoms with Crippen molar-refractivity contribution in [1.82, 2.24) is 19.6 Å². The van der Waals surface area contributed by atoms with Crippen molar-refractivity contribution in [2.24, 2.45) is 0 Å². The normalized spacial score (nSPS) is 14.1. The van der Waals surface area contributed by atoms with Crippen LogP contribution in [0.25, 0.3) is 5.13 Å². The molecule has 0 atom stereocenters. The third kappa shape index (κ3) is 4.26. The number of sulfonamides is 1. The summed E-state index contributed by atoms with van der Waals surface area (Å²) in [6, 6.07) is 8.51. The fourth-order valence-electron chi connectivity index (χ4n) is 3.17. The van der Waals surface area contributed by atoms with Gasteiger partial charge in [-0.1, -0.05) is 12.1 Å². The molecule has 4 rings (SSSR count). The molecule has 152 valence electrons. The van der Waals surface area contributed by atoms with Crippen LogP contribution in [0.5, 0.6) is 0 Å². The van der Waals surface area contributed by atoms with Gasteiger partial charge >= 0.3 is 0 Å². The second-order valence-corrected chi connectivity index (χ2v) is 9.74. The lowest BCUT2D eigenvalue weighted by Crippen LogP contribution is -2.26. The van der Waals surface area contributed by atoms with Crippen LogP contribution in [-0.4, -0.2) is 29.9 Å². The van der Waals surface area contributed by atoms with Crippen LogP contribution in [0, 0.1) is 13.8 Å². The molecule has 1 aromatic carbocycles. The van der Waals surface area contributed by atoms with Crippen LogP contribution in [0.15, 0.2) is 46.8 Å². The molecule has 1 aliphatic carbocycles. The number of thiazole rings is 1. The number of nitrogens with one attached hydrogen (secondary N) is 2. The Morgan fingerprint density at radius 3 is 2.59 bits per heavy atom. The number of carbonyl (C=O) groups excluding carboxylic acids is 1. The second kappa shape index (κ2) is 7.74. The molecule has 2 heterocycles. The predicted molar refractivity (Wildman–Crippen MR) is 112 cm³/mol. The van der Waals surface area contributed by atoms with Gasteiger partial charge in [-0.2, -0.15) is 0 Å². The maximum absolute atomic E-state index is 12.7. The number of carbonyl (C=O) groups is 1. The first kappa shape index (κ1) is 19.8. The summed E-state index contributed by atoms with van der Waals surface area (Å²) in [6.45, 7) is 4.16. The number of hydrogen-bond acceptors (Lipinski definition) is 5. The van der Waals surface area contributed by atoms with Crippen LogP contribution in [0.4, 0.5) is 0 Å². The molecular formula is C20H22N4O3S2. The molecule has 3 aromatic rings. The van der Waals surface area contributed by atoms with Gasteiger partial charge in [0.05, 0.1) is 10.5 Å². The first-order valence-electron chi connectivity index (χ1n) is 9.33. The highest BCUT2D eigenvalue weighted by atomic mass is 32.2. The van der Waals surface area contributed by atoms with E-state index in [1.165, 1.54) is 11.3 Å². The molecule has 2 N–H and O–H groups in total. The van der Waals surface area contributed by atoms with Crippen molar-refractivity contribution in [3.05, 3.63) is 64.4 Å². The zero-order valence-corrected chi connectivity index (χ0v) is 17.8. The summed E-state index contributed by atoms with van der Waals surface area (Å²) in [5.74, 6) is -0.173. The number of aromatic nitrogens is 2. The highest BCUT2D eigenvalue weighted by Crippen LogP contribution is 2.23. The first-order chi connectivity index (χ1) is 13.8. The number of hydrogen-bond donors (Lipinski definition) is 2. The molecule has 1 aliphatic rings. The molecule has 1 fully saturated rings. The third-order valence-corrected chi connectivity index (χ3v) is 7.17. The smallest absolute Gasteiger partial charge is 0.253 e. The van der Waals surface area contributed by atoms with Crippen molar-refractivity contribution >= 4 is 27.3 Å². The van der Waals surface area contributed by atoms with Gasteiger partial charge in [0, 0.05) is 35.6 Å². The standard InChI is InChI=1S/C20H22N4O3S2/c1-13-11-18(14(2)24(13)20-21-9-10-28-20)19(25)22-12-15-3-7-17(8-4-15)29(26,27)23-16-5-6-16/h3-4,7-11,16,23H,5-6,12H2,1-2H3,(H,22,25). The van der Waals surface area contributed by atoms with E-state index in [2.05, 4.69) is 15.0 Å². The summed E-state index contributed by atoms with van der Waals surface area (Å²) in [7, 11) is -3.46. The van der Waals surface area contributed by atoms with Gasteiger partial charge in [0.1, 0.15) is 0 Å². The first-order valence-corrected chi connectivity index (χ1v) is 11.7. The van der Waals surface area contributed by atoms with Gasteiger partial charge < -0.3 is 5.32 Å². The Kier molecular flexibility index (Phi) is 5.28. The molecule has 0 unspecified atom stereocenters. The number of amides is 1. The van der Waals surface area contributed by atoms with E-state index in [4.69, 9.17) is 0 Å². The molecule has 7 nitrogen and oxygen atoms in total. The number of benzene rings is 1. The maximum atomic E-state index is 12.7. The lowest BCUT2D eigenvalue weighted by molar-refractivity contribution is 0.0950. The molecule has 0 radical (unpaired) electrons. The van der Waals surface area contributed by atoms with Gasteiger partial charge in [0.15, 0.2) is 5.13 Å². The maximum Gasteiger partial charge on any atom is 0.253 e. The van der Waals surface area contributed by atoms with E-state index in [0.29, 0.717) is 12.1 Å². The van der Waals surface area contributed by atoms with Gasteiger partial charge in [0.2, 0.25) is 10.0 Å². The van der Waals surface area contributed by atoms with Gasteiger partial charge in [-0.15, -0.1) is 11.3 Å². The van der Waals surface area contributed by atoms with Crippen molar-refractivity contribution < 1.29 is 13.2 Å². The summed E-state index contributed by atoms with van der Waals surface area (Å²) in [5.41, 5.74) is 3.21. The lowest BCUT2D eigenvalue weighted by Gasteiger charge is -2.09. The zero-order valence-electron chi connectivity index (χ0n) is 16.2. The van der Waals surface area contributed by atoms with Crippen molar-refractivity contribution in [1.29, 1.82) is 0 Å². The van der Waals surface area contributed by atoms with E-state index in [0.717, 1.165) is 34.9 Å². The third-order valence-electron chi connectivity index (χ3n) is 4.87. The van der Waals surface area contributed by atoms with E-state index >= 15 is 0 Å². The monoisotopic (exact) mass is 430 g/mol. The summed E-state index contributed by atoms with van der Waals surface area (Å²) >= 11 is 1.52. The van der Waals surface area contributed by atoms with Crippen molar-refractivity contribution in [2.45, 2.75) is 44.2 Å². The molecule has 1 saturated carbocycles. The van der Waals surface area contributed by atoms with E-state index in [9.17, 15) is 13.2 Å². The Balaban J connectivity index is 1.43. The van der Waals surface area contributed by atoms with E-state index in [1.54, 1.807) is 30.5 Å². The Hall–Kier alpha value is -2.49. The summed E-state index contributed by atoms with van der Waals surface area (Å²) in [5, 5.41) is 5.64. The topological polar surface area (TPSA) is 93.1 Å². The van der Waals surface area contributed by atoms with Crippen LogP contribution in [-0.2, 0) is 16.6 Å². The fraction of sp³-hybridized carbons (Fsp3) is 0.300. The molecule has 29 heavy (non-hydrogen) atoms. The minimum Gasteiger partial charge on any atom is -0.348 e. The van der Waals surface area contributed by atoms with Gasteiger partial charge in [-0.25, -0.2) is 18.1 Å². The second-order valence-electron chi connectivity index (χ2n) is 7.16. The molecule has 9 heteroatoms. The van der Waals surface area contributed by atoms with E-state index in [-0.39, 0.29) is 16.8 Å². The van der Waals surface area contributed by atoms with Gasteiger partial charge in [0.25, 0.3) is 5.91 Å². The van der Waals surface area contributed by atoms with Crippen LogP contribution >= 0.6 is 11.3 Å². The molecule has 0 saturated heterocycles. The zero-order chi connectivity index (χ0) is 20.6. The average Bonchev–Trinajstić information content (AvgIpc) is 3.22.